The average Bonchev–Trinajstić information content (AvgIpc) is 2.86. The summed E-state index contributed by atoms with van der Waals surface area (Å²) < 4.78 is 14.9. The normalized spacial score (nSPS) is 10.8. The van der Waals surface area contributed by atoms with Gasteiger partial charge in [0.05, 0.1) is 11.2 Å². The summed E-state index contributed by atoms with van der Waals surface area (Å²) in [6, 6.07) is 4.84. The second-order valence-electron chi connectivity index (χ2n) is 3.94. The van der Waals surface area contributed by atoms with Gasteiger partial charge >= 0.3 is 0 Å². The molecule has 4 nitrogen and oxygen atoms in total. The van der Waals surface area contributed by atoms with Crippen molar-refractivity contribution in [3.63, 3.8) is 0 Å². The molecule has 0 bridgehead atoms. The van der Waals surface area contributed by atoms with Gasteiger partial charge in [-0.25, -0.2) is 4.39 Å². The van der Waals surface area contributed by atoms with Crippen LogP contribution >= 0.6 is 11.6 Å². The van der Waals surface area contributed by atoms with Crippen molar-refractivity contribution < 1.29 is 4.39 Å². The van der Waals surface area contributed by atoms with E-state index in [1.54, 1.807) is 16.9 Å². The molecule has 2 aromatic rings. The van der Waals surface area contributed by atoms with Crippen molar-refractivity contribution >= 4 is 11.6 Å². The molecule has 1 heterocycles. The Morgan fingerprint density at radius 3 is 3.00 bits per heavy atom. The summed E-state index contributed by atoms with van der Waals surface area (Å²) in [5.74, 6) is -0.376. The van der Waals surface area contributed by atoms with Gasteiger partial charge in [-0.05, 0) is 30.7 Å². The SMILES string of the molecule is Fc1cc(CNCCCn2ccnn2)ccc1Cl. The van der Waals surface area contributed by atoms with Crippen LogP contribution in [0.5, 0.6) is 0 Å². The van der Waals surface area contributed by atoms with Crippen LogP contribution in [0.3, 0.4) is 0 Å². The zero-order chi connectivity index (χ0) is 12.8. The summed E-state index contributed by atoms with van der Waals surface area (Å²) in [5, 5.41) is 11.0. The number of aromatic nitrogens is 3. The molecule has 6 heteroatoms. The molecular formula is C12H14ClFN4. The molecule has 1 N–H and O–H groups in total. The third kappa shape index (κ3) is 3.78. The summed E-state index contributed by atoms with van der Waals surface area (Å²) in [6.45, 7) is 2.29. The number of rotatable bonds is 6. The van der Waals surface area contributed by atoms with Gasteiger partial charge in [-0.1, -0.05) is 22.9 Å². The van der Waals surface area contributed by atoms with Crippen LogP contribution in [0.25, 0.3) is 0 Å². The molecule has 0 aliphatic rings. The van der Waals surface area contributed by atoms with Crippen LogP contribution in [-0.2, 0) is 13.1 Å². The van der Waals surface area contributed by atoms with E-state index in [4.69, 9.17) is 11.6 Å². The molecule has 0 atom stereocenters. The Morgan fingerprint density at radius 2 is 2.28 bits per heavy atom. The first-order valence-corrected chi connectivity index (χ1v) is 6.12. The van der Waals surface area contributed by atoms with E-state index in [-0.39, 0.29) is 10.8 Å². The highest BCUT2D eigenvalue weighted by Gasteiger charge is 2.00. The molecule has 0 radical (unpaired) electrons. The predicted octanol–water partition coefficient (Wildman–Crippen LogP) is 2.25. The summed E-state index contributed by atoms with van der Waals surface area (Å²) >= 11 is 5.61. The first-order valence-electron chi connectivity index (χ1n) is 5.74. The van der Waals surface area contributed by atoms with E-state index >= 15 is 0 Å². The van der Waals surface area contributed by atoms with Crippen molar-refractivity contribution in [2.75, 3.05) is 6.54 Å². The quantitative estimate of drug-likeness (QED) is 0.817. The second-order valence-corrected chi connectivity index (χ2v) is 4.35. The lowest BCUT2D eigenvalue weighted by Gasteiger charge is -2.05. The fourth-order valence-electron chi connectivity index (χ4n) is 1.60. The van der Waals surface area contributed by atoms with Crippen molar-refractivity contribution in [3.8, 4) is 0 Å². The maximum Gasteiger partial charge on any atom is 0.142 e. The van der Waals surface area contributed by atoms with Gasteiger partial charge in [0.25, 0.3) is 0 Å². The molecule has 1 aromatic carbocycles. The standard InChI is InChI=1S/C12H14ClFN4/c13-11-3-2-10(8-12(11)14)9-15-4-1-6-18-7-5-16-17-18/h2-3,5,7-8,15H,1,4,6,9H2. The Bertz CT molecular complexity index is 487. The molecule has 0 fully saturated rings. The van der Waals surface area contributed by atoms with Gasteiger partial charge in [0.2, 0.25) is 0 Å². The van der Waals surface area contributed by atoms with Gasteiger partial charge in [0, 0.05) is 19.3 Å². The lowest BCUT2D eigenvalue weighted by atomic mass is 10.2. The Labute approximate surface area is 110 Å². The van der Waals surface area contributed by atoms with Gasteiger partial charge in [-0.3, -0.25) is 4.68 Å². The molecular weight excluding hydrogens is 255 g/mol. The molecule has 0 saturated carbocycles. The van der Waals surface area contributed by atoms with E-state index in [1.807, 2.05) is 12.3 Å². The highest BCUT2D eigenvalue weighted by Crippen LogP contribution is 2.15. The van der Waals surface area contributed by atoms with Crippen LogP contribution in [0.4, 0.5) is 4.39 Å². The van der Waals surface area contributed by atoms with E-state index in [2.05, 4.69) is 15.6 Å². The zero-order valence-corrected chi connectivity index (χ0v) is 10.6. The molecule has 0 aliphatic heterocycles. The van der Waals surface area contributed by atoms with Crippen LogP contribution in [0.2, 0.25) is 5.02 Å². The highest BCUT2D eigenvalue weighted by molar-refractivity contribution is 6.30. The third-order valence-electron chi connectivity index (χ3n) is 2.53. The van der Waals surface area contributed by atoms with Gasteiger partial charge in [-0.15, -0.1) is 5.10 Å². The first kappa shape index (κ1) is 13.0. The minimum absolute atomic E-state index is 0.157. The van der Waals surface area contributed by atoms with Crippen LogP contribution < -0.4 is 5.32 Å². The summed E-state index contributed by atoms with van der Waals surface area (Å²) in [7, 11) is 0. The Kier molecular flexibility index (Phi) is 4.66. The Balaban J connectivity index is 1.67. The number of aryl methyl sites for hydroxylation is 1. The molecule has 0 aliphatic carbocycles. The first-order chi connectivity index (χ1) is 8.75. The molecule has 2 rings (SSSR count). The zero-order valence-electron chi connectivity index (χ0n) is 9.81. The maximum absolute atomic E-state index is 13.2. The van der Waals surface area contributed by atoms with Crippen LogP contribution in [0, 0.1) is 5.82 Å². The van der Waals surface area contributed by atoms with Crippen molar-refractivity contribution in [1.82, 2.24) is 20.3 Å². The van der Waals surface area contributed by atoms with Crippen molar-refractivity contribution in [3.05, 3.63) is 47.0 Å². The molecule has 0 saturated heterocycles. The lowest BCUT2D eigenvalue weighted by Crippen LogP contribution is -2.16. The molecule has 18 heavy (non-hydrogen) atoms. The minimum atomic E-state index is -0.376. The summed E-state index contributed by atoms with van der Waals surface area (Å²) in [4.78, 5) is 0. The van der Waals surface area contributed by atoms with E-state index in [0.717, 1.165) is 25.1 Å². The van der Waals surface area contributed by atoms with Crippen LogP contribution in [0.1, 0.15) is 12.0 Å². The minimum Gasteiger partial charge on any atom is -0.313 e. The monoisotopic (exact) mass is 268 g/mol. The Hall–Kier alpha value is -1.46. The number of nitrogens with one attached hydrogen (secondary N) is 1. The molecule has 96 valence electrons. The van der Waals surface area contributed by atoms with Crippen LogP contribution in [-0.4, -0.2) is 21.5 Å². The highest BCUT2D eigenvalue weighted by atomic mass is 35.5. The van der Waals surface area contributed by atoms with Crippen molar-refractivity contribution in [2.45, 2.75) is 19.5 Å². The lowest BCUT2D eigenvalue weighted by molar-refractivity contribution is 0.529. The number of benzene rings is 1. The summed E-state index contributed by atoms with van der Waals surface area (Å²) in [6.07, 6.45) is 4.43. The van der Waals surface area contributed by atoms with Crippen LogP contribution in [0.15, 0.2) is 30.6 Å². The molecule has 0 amide bonds. The number of nitrogens with zero attached hydrogens (tertiary/aromatic N) is 3. The molecule has 0 spiro atoms. The van der Waals surface area contributed by atoms with Crippen molar-refractivity contribution in [1.29, 1.82) is 0 Å². The Morgan fingerprint density at radius 1 is 1.39 bits per heavy atom. The number of hydrogen-bond donors (Lipinski definition) is 1. The predicted molar refractivity (Wildman–Crippen MR) is 67.8 cm³/mol. The van der Waals surface area contributed by atoms with E-state index in [1.165, 1.54) is 6.07 Å². The number of halogens is 2. The fourth-order valence-corrected chi connectivity index (χ4v) is 1.72. The van der Waals surface area contributed by atoms with Gasteiger partial charge in [-0.2, -0.15) is 0 Å². The van der Waals surface area contributed by atoms with E-state index in [0.29, 0.717) is 6.54 Å². The van der Waals surface area contributed by atoms with Crippen molar-refractivity contribution in [2.24, 2.45) is 0 Å². The van der Waals surface area contributed by atoms with E-state index < -0.39 is 0 Å². The van der Waals surface area contributed by atoms with E-state index in [9.17, 15) is 4.39 Å². The number of hydrogen-bond acceptors (Lipinski definition) is 3. The average molecular weight is 269 g/mol. The molecule has 0 unspecified atom stereocenters. The van der Waals surface area contributed by atoms with Gasteiger partial charge in [0.1, 0.15) is 5.82 Å². The second kappa shape index (κ2) is 6.47. The smallest absolute Gasteiger partial charge is 0.142 e. The summed E-state index contributed by atoms with van der Waals surface area (Å²) in [5.41, 5.74) is 0.887. The third-order valence-corrected chi connectivity index (χ3v) is 2.83. The van der Waals surface area contributed by atoms with Gasteiger partial charge < -0.3 is 5.32 Å². The largest absolute Gasteiger partial charge is 0.313 e. The maximum atomic E-state index is 13.2. The fraction of sp³-hybridized carbons (Fsp3) is 0.333. The molecule has 1 aromatic heterocycles. The topological polar surface area (TPSA) is 42.7 Å². The van der Waals surface area contributed by atoms with Gasteiger partial charge in [0.15, 0.2) is 0 Å².